The first-order valence-electron chi connectivity index (χ1n) is 7.34. The van der Waals surface area contributed by atoms with Gasteiger partial charge >= 0.3 is 0 Å². The second-order valence-electron chi connectivity index (χ2n) is 5.46. The van der Waals surface area contributed by atoms with Crippen molar-refractivity contribution in [1.29, 1.82) is 0 Å². The van der Waals surface area contributed by atoms with Crippen LogP contribution >= 0.6 is 48.4 Å². The van der Waals surface area contributed by atoms with Crippen molar-refractivity contribution in [2.24, 2.45) is 5.92 Å². The van der Waals surface area contributed by atoms with Gasteiger partial charge in [-0.2, -0.15) is 0 Å². The quantitative estimate of drug-likeness (QED) is 0.554. The molecule has 1 aliphatic rings. The first-order valence-corrected chi connectivity index (χ1v) is 8.66. The maximum Gasteiger partial charge on any atom is 0.236 e. The largest absolute Gasteiger partial charge is 0.314 e. The zero-order valence-corrected chi connectivity index (χ0v) is 16.2. The van der Waals surface area contributed by atoms with Gasteiger partial charge in [-0.05, 0) is 42.3 Å². The second-order valence-corrected chi connectivity index (χ2v) is 6.90. The molecule has 1 atom stereocenters. The fourth-order valence-corrected chi connectivity index (χ4v) is 4.22. The normalized spacial score (nSPS) is 16.4. The highest BCUT2D eigenvalue weighted by Crippen LogP contribution is 2.33. The van der Waals surface area contributed by atoms with E-state index in [9.17, 15) is 4.79 Å². The summed E-state index contributed by atoms with van der Waals surface area (Å²) in [5.41, 5.74) is 1.90. The van der Waals surface area contributed by atoms with Crippen LogP contribution < -0.4 is 4.31 Å². The van der Waals surface area contributed by atoms with Crippen LogP contribution in [-0.2, 0) is 0 Å². The minimum absolute atomic E-state index is 0. The summed E-state index contributed by atoms with van der Waals surface area (Å²) in [7, 11) is 0. The summed E-state index contributed by atoms with van der Waals surface area (Å²) in [6, 6.07) is 11.5. The van der Waals surface area contributed by atoms with Crippen molar-refractivity contribution in [3.05, 3.63) is 60.0 Å². The predicted octanol–water partition coefficient (Wildman–Crippen LogP) is 4.96. The van der Waals surface area contributed by atoms with E-state index < -0.39 is 0 Å². The molecule has 1 unspecified atom stereocenters. The van der Waals surface area contributed by atoms with E-state index >= 15 is 0 Å². The maximum absolute atomic E-state index is 12.9. The van der Waals surface area contributed by atoms with Crippen LogP contribution in [-0.4, -0.2) is 27.8 Å². The Bertz CT molecular complexity index is 872. The number of anilines is 1. The molecule has 132 valence electrons. The summed E-state index contributed by atoms with van der Waals surface area (Å²) in [6.45, 7) is 0.690. The molecule has 1 fully saturated rings. The molecule has 8 heteroatoms. The van der Waals surface area contributed by atoms with Gasteiger partial charge in [0.25, 0.3) is 0 Å². The van der Waals surface area contributed by atoms with Crippen molar-refractivity contribution in [3.8, 4) is 0 Å². The third-order valence-electron chi connectivity index (χ3n) is 4.02. The highest BCUT2D eigenvalue weighted by Gasteiger charge is 2.31. The van der Waals surface area contributed by atoms with Gasteiger partial charge in [-0.1, -0.05) is 17.7 Å². The van der Waals surface area contributed by atoms with E-state index in [-0.39, 0.29) is 36.6 Å². The smallest absolute Gasteiger partial charge is 0.236 e. The van der Waals surface area contributed by atoms with Gasteiger partial charge in [0.1, 0.15) is 0 Å². The molecule has 1 aliphatic heterocycles. The van der Waals surface area contributed by atoms with Gasteiger partial charge in [0, 0.05) is 35.1 Å². The van der Waals surface area contributed by atoms with Crippen LogP contribution in [0.2, 0.25) is 5.02 Å². The van der Waals surface area contributed by atoms with Gasteiger partial charge in [-0.3, -0.25) is 14.3 Å². The Morgan fingerprint density at radius 3 is 2.80 bits per heavy atom. The van der Waals surface area contributed by atoms with E-state index in [2.05, 4.69) is 9.29 Å². The topological polar surface area (TPSA) is 38.1 Å². The van der Waals surface area contributed by atoms with Crippen LogP contribution in [0.3, 0.4) is 0 Å². The Morgan fingerprint density at radius 2 is 2.04 bits per heavy atom. The molecule has 1 aromatic carbocycles. The fraction of sp³-hybridized carbons (Fsp3) is 0.176. The summed E-state index contributed by atoms with van der Waals surface area (Å²) in [4.78, 5) is 17.0. The molecule has 0 bridgehead atoms. The summed E-state index contributed by atoms with van der Waals surface area (Å²) >= 11 is 7.86. The van der Waals surface area contributed by atoms with Crippen molar-refractivity contribution >= 4 is 70.9 Å². The van der Waals surface area contributed by atoms with Crippen molar-refractivity contribution in [1.82, 2.24) is 9.55 Å². The van der Waals surface area contributed by atoms with Crippen LogP contribution in [0.25, 0.3) is 10.9 Å². The number of hydrogen-bond donors (Lipinski definition) is 0. The lowest BCUT2D eigenvalue weighted by Crippen LogP contribution is -2.26. The average Bonchev–Trinajstić information content (AvgIpc) is 3.23. The van der Waals surface area contributed by atoms with E-state index in [1.54, 1.807) is 22.7 Å². The molecule has 0 radical (unpaired) electrons. The number of halogens is 3. The molecule has 2 aromatic heterocycles. The maximum atomic E-state index is 12.9. The van der Waals surface area contributed by atoms with Crippen molar-refractivity contribution in [3.63, 3.8) is 0 Å². The number of carbonyl (C=O) groups is 1. The molecule has 25 heavy (non-hydrogen) atoms. The first-order chi connectivity index (χ1) is 11.2. The van der Waals surface area contributed by atoms with Crippen molar-refractivity contribution < 1.29 is 4.79 Å². The molecule has 0 aliphatic carbocycles. The number of pyridine rings is 1. The Morgan fingerprint density at radius 1 is 1.20 bits per heavy atom. The number of benzene rings is 1. The third kappa shape index (κ3) is 3.75. The Kier molecular flexibility index (Phi) is 6.63. The van der Waals surface area contributed by atoms with Crippen LogP contribution in [0.15, 0.2) is 55.0 Å². The van der Waals surface area contributed by atoms with Crippen LogP contribution in [0.1, 0.15) is 4.79 Å². The standard InChI is InChI=1S/C17H14ClN3OS.2ClH/c18-15-4-1-5-16-14(15)6-8-20(16)17(22)12-10-21(23-11-12)13-3-2-7-19-9-13;;/h1-9,12H,10-11H2;2*1H. The zero-order valence-electron chi connectivity index (χ0n) is 13.0. The molecule has 0 amide bonds. The van der Waals surface area contributed by atoms with Crippen LogP contribution in [0.5, 0.6) is 0 Å². The van der Waals surface area contributed by atoms with Crippen LogP contribution in [0, 0.1) is 5.92 Å². The number of fused-ring (bicyclic) bond motifs is 1. The molecule has 3 aromatic rings. The van der Waals surface area contributed by atoms with E-state index in [1.807, 2.05) is 48.8 Å². The van der Waals surface area contributed by atoms with Crippen LogP contribution in [0.4, 0.5) is 5.69 Å². The molecule has 0 saturated carbocycles. The van der Waals surface area contributed by atoms with Gasteiger partial charge in [-0.25, -0.2) is 0 Å². The first kappa shape index (κ1) is 19.9. The van der Waals surface area contributed by atoms with Crippen molar-refractivity contribution in [2.45, 2.75) is 0 Å². The number of nitrogens with zero attached hydrogens (tertiary/aromatic N) is 3. The van der Waals surface area contributed by atoms with Gasteiger partial charge < -0.3 is 4.31 Å². The van der Waals surface area contributed by atoms with E-state index in [0.29, 0.717) is 11.6 Å². The lowest BCUT2D eigenvalue weighted by atomic mass is 10.1. The molecule has 1 saturated heterocycles. The minimum atomic E-state index is -0.0465. The summed E-state index contributed by atoms with van der Waals surface area (Å²) in [5.74, 6) is 0.837. The van der Waals surface area contributed by atoms with E-state index in [0.717, 1.165) is 22.3 Å². The lowest BCUT2D eigenvalue weighted by molar-refractivity contribution is 0.0862. The Labute approximate surface area is 167 Å². The highest BCUT2D eigenvalue weighted by molar-refractivity contribution is 8.00. The lowest BCUT2D eigenvalue weighted by Gasteiger charge is -2.16. The summed E-state index contributed by atoms with van der Waals surface area (Å²) in [6.07, 6.45) is 5.39. The number of carbonyl (C=O) groups excluding carboxylic acids is 1. The zero-order chi connectivity index (χ0) is 15.8. The molecule has 4 rings (SSSR count). The highest BCUT2D eigenvalue weighted by atomic mass is 35.5. The third-order valence-corrected chi connectivity index (χ3v) is 5.57. The summed E-state index contributed by atoms with van der Waals surface area (Å²) < 4.78 is 3.85. The average molecular weight is 417 g/mol. The molecular formula is C17H16Cl3N3OS. The van der Waals surface area contributed by atoms with Gasteiger partial charge in [-0.15, -0.1) is 24.8 Å². The van der Waals surface area contributed by atoms with Gasteiger partial charge in [0.05, 0.1) is 23.3 Å². The molecule has 3 heterocycles. The monoisotopic (exact) mass is 415 g/mol. The second kappa shape index (κ2) is 8.32. The fourth-order valence-electron chi connectivity index (χ4n) is 2.84. The number of rotatable bonds is 2. The predicted molar refractivity (Wildman–Crippen MR) is 110 cm³/mol. The Hall–Kier alpha value is -1.40. The SMILES string of the molecule is Cl.Cl.O=C(C1CSN(c2cccnc2)C1)n1ccc2c(Cl)cccc21. The van der Waals surface area contributed by atoms with E-state index in [1.165, 1.54) is 0 Å². The number of aromatic nitrogens is 2. The minimum Gasteiger partial charge on any atom is -0.314 e. The Balaban J connectivity index is 0.00000113. The van der Waals surface area contributed by atoms with E-state index in [4.69, 9.17) is 11.6 Å². The molecule has 0 N–H and O–H groups in total. The summed E-state index contributed by atoms with van der Waals surface area (Å²) in [5, 5.41) is 1.59. The molecular weight excluding hydrogens is 401 g/mol. The van der Waals surface area contributed by atoms with Crippen molar-refractivity contribution in [2.75, 3.05) is 16.6 Å². The molecule has 4 nitrogen and oxygen atoms in total. The van der Waals surface area contributed by atoms with Gasteiger partial charge in [0.2, 0.25) is 5.91 Å². The molecule has 0 spiro atoms. The number of hydrogen-bond acceptors (Lipinski definition) is 4. The van der Waals surface area contributed by atoms with Gasteiger partial charge in [0.15, 0.2) is 0 Å².